The van der Waals surface area contributed by atoms with Gasteiger partial charge in [0.2, 0.25) is 0 Å². The summed E-state index contributed by atoms with van der Waals surface area (Å²) >= 11 is 1.71. The second kappa shape index (κ2) is 6.83. The van der Waals surface area contributed by atoms with E-state index in [0.717, 1.165) is 28.4 Å². The standard InChI is InChI=1S/C15H23N3S/c1-5-19-14-8-6-7-13(12(14)9-16)18(4)11-15(2,3)10-17/h6-8H,5,10-11,17H2,1-4H3. The molecule has 0 radical (unpaired) electrons. The van der Waals surface area contributed by atoms with Crippen molar-refractivity contribution in [3.05, 3.63) is 23.8 Å². The van der Waals surface area contributed by atoms with E-state index in [0.29, 0.717) is 6.54 Å². The van der Waals surface area contributed by atoms with Crippen molar-refractivity contribution in [2.24, 2.45) is 11.1 Å². The third-order valence-electron chi connectivity index (χ3n) is 3.04. The normalized spacial score (nSPS) is 11.2. The smallest absolute Gasteiger partial charge is 0.103 e. The number of nitrogens with two attached hydrogens (primary N) is 1. The Morgan fingerprint density at radius 3 is 2.63 bits per heavy atom. The van der Waals surface area contributed by atoms with E-state index in [1.807, 2.05) is 25.2 Å². The summed E-state index contributed by atoms with van der Waals surface area (Å²) in [6.07, 6.45) is 0. The van der Waals surface area contributed by atoms with E-state index in [9.17, 15) is 5.26 Å². The molecular weight excluding hydrogens is 254 g/mol. The van der Waals surface area contributed by atoms with Gasteiger partial charge in [-0.1, -0.05) is 26.8 Å². The van der Waals surface area contributed by atoms with E-state index in [4.69, 9.17) is 5.73 Å². The lowest BCUT2D eigenvalue weighted by molar-refractivity contribution is 0.385. The lowest BCUT2D eigenvalue weighted by Crippen LogP contribution is -2.37. The number of hydrogen-bond acceptors (Lipinski definition) is 4. The molecule has 19 heavy (non-hydrogen) atoms. The second-order valence-electron chi connectivity index (χ2n) is 5.42. The Morgan fingerprint density at radius 1 is 1.42 bits per heavy atom. The Kier molecular flexibility index (Phi) is 5.71. The van der Waals surface area contributed by atoms with Gasteiger partial charge in [0.1, 0.15) is 6.07 Å². The maximum absolute atomic E-state index is 9.42. The van der Waals surface area contributed by atoms with Gasteiger partial charge in [-0.05, 0) is 29.8 Å². The van der Waals surface area contributed by atoms with Crippen molar-refractivity contribution in [2.75, 3.05) is 30.8 Å². The van der Waals surface area contributed by atoms with Crippen LogP contribution in [-0.4, -0.2) is 25.9 Å². The largest absolute Gasteiger partial charge is 0.373 e. The molecule has 0 heterocycles. The maximum atomic E-state index is 9.42. The minimum absolute atomic E-state index is 0.0371. The molecule has 4 heteroatoms. The summed E-state index contributed by atoms with van der Waals surface area (Å²) in [6, 6.07) is 8.37. The summed E-state index contributed by atoms with van der Waals surface area (Å²) in [7, 11) is 2.02. The van der Waals surface area contributed by atoms with Crippen LogP contribution in [0.25, 0.3) is 0 Å². The fourth-order valence-corrected chi connectivity index (χ4v) is 2.80. The maximum Gasteiger partial charge on any atom is 0.103 e. The Hall–Kier alpha value is -1.18. The van der Waals surface area contributed by atoms with Crippen molar-refractivity contribution in [3.8, 4) is 6.07 Å². The molecule has 0 atom stereocenters. The zero-order valence-corrected chi connectivity index (χ0v) is 13.0. The Morgan fingerprint density at radius 2 is 2.11 bits per heavy atom. The van der Waals surface area contributed by atoms with E-state index in [-0.39, 0.29) is 5.41 Å². The van der Waals surface area contributed by atoms with Crippen LogP contribution in [0, 0.1) is 16.7 Å². The van der Waals surface area contributed by atoms with Gasteiger partial charge in [0, 0.05) is 18.5 Å². The molecule has 0 aliphatic carbocycles. The van der Waals surface area contributed by atoms with Crippen LogP contribution >= 0.6 is 11.8 Å². The van der Waals surface area contributed by atoms with E-state index < -0.39 is 0 Å². The third-order valence-corrected chi connectivity index (χ3v) is 3.98. The zero-order chi connectivity index (χ0) is 14.5. The summed E-state index contributed by atoms with van der Waals surface area (Å²) in [6.45, 7) is 7.83. The molecule has 0 spiro atoms. The van der Waals surface area contributed by atoms with Gasteiger partial charge >= 0.3 is 0 Å². The first-order chi connectivity index (χ1) is 8.95. The lowest BCUT2D eigenvalue weighted by atomic mass is 9.93. The summed E-state index contributed by atoms with van der Waals surface area (Å²) in [5, 5.41) is 9.42. The first-order valence-electron chi connectivity index (χ1n) is 6.52. The van der Waals surface area contributed by atoms with Crippen molar-refractivity contribution in [3.63, 3.8) is 0 Å². The molecule has 1 aromatic rings. The summed E-state index contributed by atoms with van der Waals surface area (Å²) in [4.78, 5) is 3.19. The van der Waals surface area contributed by atoms with Crippen LogP contribution in [0.5, 0.6) is 0 Å². The number of anilines is 1. The van der Waals surface area contributed by atoms with E-state index in [1.165, 1.54) is 0 Å². The van der Waals surface area contributed by atoms with Gasteiger partial charge in [0.05, 0.1) is 11.3 Å². The highest BCUT2D eigenvalue weighted by Gasteiger charge is 2.20. The molecule has 1 aromatic carbocycles. The molecule has 0 amide bonds. The highest BCUT2D eigenvalue weighted by atomic mass is 32.2. The zero-order valence-electron chi connectivity index (χ0n) is 12.2. The fraction of sp³-hybridized carbons (Fsp3) is 0.533. The number of nitrogens with zero attached hydrogens (tertiary/aromatic N) is 2. The topological polar surface area (TPSA) is 53.0 Å². The average Bonchev–Trinajstić information content (AvgIpc) is 2.38. The number of nitriles is 1. The summed E-state index contributed by atoms with van der Waals surface area (Å²) < 4.78 is 0. The van der Waals surface area contributed by atoms with Crippen LogP contribution in [0.4, 0.5) is 5.69 Å². The van der Waals surface area contributed by atoms with Crippen molar-refractivity contribution in [2.45, 2.75) is 25.7 Å². The number of hydrogen-bond donors (Lipinski definition) is 1. The van der Waals surface area contributed by atoms with Crippen molar-refractivity contribution >= 4 is 17.4 Å². The van der Waals surface area contributed by atoms with Gasteiger partial charge in [0.25, 0.3) is 0 Å². The molecule has 1 rings (SSSR count). The molecule has 2 N–H and O–H groups in total. The predicted molar refractivity (Wildman–Crippen MR) is 83.7 cm³/mol. The SMILES string of the molecule is CCSc1cccc(N(C)CC(C)(C)CN)c1C#N. The Balaban J connectivity index is 3.06. The van der Waals surface area contributed by atoms with Gasteiger partial charge in [0.15, 0.2) is 0 Å². The molecule has 0 fully saturated rings. The van der Waals surface area contributed by atoms with E-state index >= 15 is 0 Å². The minimum Gasteiger partial charge on any atom is -0.373 e. The third kappa shape index (κ3) is 4.15. The van der Waals surface area contributed by atoms with Gasteiger partial charge in [-0.15, -0.1) is 11.8 Å². The molecule has 104 valence electrons. The molecule has 0 aliphatic rings. The summed E-state index contributed by atoms with van der Waals surface area (Å²) in [5.74, 6) is 0.968. The van der Waals surface area contributed by atoms with Crippen molar-refractivity contribution < 1.29 is 0 Å². The molecule has 0 aromatic heterocycles. The van der Waals surface area contributed by atoms with Crippen LogP contribution in [0.3, 0.4) is 0 Å². The van der Waals surface area contributed by atoms with Gasteiger partial charge < -0.3 is 10.6 Å². The molecule has 3 nitrogen and oxygen atoms in total. The quantitative estimate of drug-likeness (QED) is 0.812. The average molecular weight is 277 g/mol. The van der Waals surface area contributed by atoms with Crippen LogP contribution in [0.2, 0.25) is 0 Å². The van der Waals surface area contributed by atoms with Crippen LogP contribution in [0.1, 0.15) is 26.3 Å². The van der Waals surface area contributed by atoms with Crippen LogP contribution in [-0.2, 0) is 0 Å². The first-order valence-corrected chi connectivity index (χ1v) is 7.51. The van der Waals surface area contributed by atoms with Gasteiger partial charge in [-0.2, -0.15) is 5.26 Å². The van der Waals surface area contributed by atoms with Crippen LogP contribution < -0.4 is 10.6 Å². The molecule has 0 saturated heterocycles. The Labute approximate surface area is 120 Å². The second-order valence-corrected chi connectivity index (χ2v) is 6.73. The van der Waals surface area contributed by atoms with Gasteiger partial charge in [-0.25, -0.2) is 0 Å². The molecule has 0 saturated carbocycles. The van der Waals surface area contributed by atoms with Gasteiger partial charge in [-0.3, -0.25) is 0 Å². The van der Waals surface area contributed by atoms with E-state index in [1.54, 1.807) is 11.8 Å². The van der Waals surface area contributed by atoms with Crippen LogP contribution in [0.15, 0.2) is 23.1 Å². The minimum atomic E-state index is 0.0371. The van der Waals surface area contributed by atoms with E-state index in [2.05, 4.69) is 31.7 Å². The van der Waals surface area contributed by atoms with Crippen molar-refractivity contribution in [1.82, 2.24) is 0 Å². The highest BCUT2D eigenvalue weighted by molar-refractivity contribution is 7.99. The lowest BCUT2D eigenvalue weighted by Gasteiger charge is -2.31. The highest BCUT2D eigenvalue weighted by Crippen LogP contribution is 2.31. The number of thioether (sulfide) groups is 1. The van der Waals surface area contributed by atoms with Crippen molar-refractivity contribution in [1.29, 1.82) is 5.26 Å². The number of rotatable bonds is 6. The monoisotopic (exact) mass is 277 g/mol. The fourth-order valence-electron chi connectivity index (χ4n) is 2.02. The molecular formula is C15H23N3S. The predicted octanol–water partition coefficient (Wildman–Crippen LogP) is 3.09. The number of benzene rings is 1. The first kappa shape index (κ1) is 15.9. The molecule has 0 unspecified atom stereocenters. The summed E-state index contributed by atoms with van der Waals surface area (Å²) in [5.41, 5.74) is 7.58. The Bertz CT molecular complexity index is 463. The molecule has 0 bridgehead atoms. The molecule has 0 aliphatic heterocycles.